The van der Waals surface area contributed by atoms with Gasteiger partial charge < -0.3 is 26.5 Å². The summed E-state index contributed by atoms with van der Waals surface area (Å²) in [6, 6.07) is 13.8. The van der Waals surface area contributed by atoms with Crippen LogP contribution in [0.2, 0.25) is 0 Å². The van der Waals surface area contributed by atoms with Crippen molar-refractivity contribution in [1.29, 1.82) is 0 Å². The van der Waals surface area contributed by atoms with Gasteiger partial charge in [0.1, 0.15) is 11.3 Å². The van der Waals surface area contributed by atoms with Crippen LogP contribution in [0.3, 0.4) is 0 Å². The van der Waals surface area contributed by atoms with Crippen LogP contribution < -0.4 is 16.8 Å². The molecule has 0 aliphatic rings. The second-order valence-corrected chi connectivity index (χ2v) is 10.00. The van der Waals surface area contributed by atoms with Gasteiger partial charge in [0.05, 0.1) is 23.2 Å². The number of carbonyl (C=O) groups is 1. The lowest BCUT2D eigenvalue weighted by Crippen LogP contribution is -2.29. The van der Waals surface area contributed by atoms with E-state index in [9.17, 15) is 9.90 Å². The van der Waals surface area contributed by atoms with Crippen molar-refractivity contribution < 1.29 is 9.90 Å². The summed E-state index contributed by atoms with van der Waals surface area (Å²) in [4.78, 5) is 21.8. The van der Waals surface area contributed by atoms with Gasteiger partial charge in [0.25, 0.3) is 5.91 Å². The average Bonchev–Trinajstić information content (AvgIpc) is 3.18. The number of carbonyl (C=O) groups excluding carboxylic acids is 1. The Bertz CT molecular complexity index is 1390. The van der Waals surface area contributed by atoms with Gasteiger partial charge in [0.2, 0.25) is 0 Å². The summed E-state index contributed by atoms with van der Waals surface area (Å²) in [6.07, 6.45) is 3.53. The number of hydrogen-bond acceptors (Lipinski definition) is 6. The molecule has 4 rings (SSSR count). The highest BCUT2D eigenvalue weighted by atomic mass is 16.3. The summed E-state index contributed by atoms with van der Waals surface area (Å²) in [5.74, 6) is 1.18. The van der Waals surface area contributed by atoms with Gasteiger partial charge in [-0.25, -0.2) is 9.97 Å². The molecule has 190 valence electrons. The third-order valence-electron chi connectivity index (χ3n) is 6.17. The van der Waals surface area contributed by atoms with Crippen LogP contribution in [-0.4, -0.2) is 44.2 Å². The number of pyridine rings is 1. The van der Waals surface area contributed by atoms with E-state index >= 15 is 0 Å². The summed E-state index contributed by atoms with van der Waals surface area (Å²) in [5, 5.41) is 14.4. The van der Waals surface area contributed by atoms with Crippen LogP contribution in [0.5, 0.6) is 0 Å². The van der Waals surface area contributed by atoms with Crippen LogP contribution in [0.4, 0.5) is 5.82 Å². The lowest BCUT2D eigenvalue weighted by Gasteiger charge is -2.21. The number of aryl methyl sites for hydroxylation is 1. The molecule has 0 spiro atoms. The quantitative estimate of drug-likeness (QED) is 0.270. The maximum Gasteiger partial charge on any atom is 0.251 e. The number of hydrogen-bond donors (Lipinski definition) is 4. The zero-order valence-corrected chi connectivity index (χ0v) is 21.3. The molecule has 6 N–H and O–H groups in total. The molecule has 1 amide bonds. The number of imidazole rings is 1. The highest BCUT2D eigenvalue weighted by molar-refractivity contribution is 6.06. The normalized spacial score (nSPS) is 11.9. The fourth-order valence-electron chi connectivity index (χ4n) is 4.54. The Hall–Kier alpha value is -3.49. The van der Waals surface area contributed by atoms with E-state index < -0.39 is 5.60 Å². The van der Waals surface area contributed by atoms with E-state index in [0.29, 0.717) is 43.0 Å². The number of unbranched alkanes of at least 4 members (excludes halogenated alkanes) is 1. The van der Waals surface area contributed by atoms with Crippen molar-refractivity contribution in [1.82, 2.24) is 19.9 Å². The summed E-state index contributed by atoms with van der Waals surface area (Å²) in [7, 11) is 0. The van der Waals surface area contributed by atoms with Gasteiger partial charge in [-0.05, 0) is 56.0 Å². The standard InChI is InChI=1S/C28H36N6O2/c1-4-5-9-23-33-24-25(34(23)17-28(2,3)36)21-11-10-19(16-22(21)32-26(24)30)14-18-7-6-8-20(15-18)27(35)31-13-12-29/h6-8,10-11,15-16,36H,4-5,9,12-14,17,29H2,1-3H3,(H2,30,32)(H,31,35). The molecule has 0 unspecified atom stereocenters. The molecule has 0 radical (unpaired) electrons. The van der Waals surface area contributed by atoms with E-state index in [0.717, 1.165) is 52.6 Å². The number of amides is 1. The zero-order chi connectivity index (χ0) is 25.9. The highest BCUT2D eigenvalue weighted by Gasteiger charge is 2.22. The number of aromatic nitrogens is 3. The van der Waals surface area contributed by atoms with Crippen molar-refractivity contribution in [3.8, 4) is 0 Å². The SMILES string of the molecule is CCCCc1nc2c(N)nc3cc(Cc4cccc(C(=O)NCCN)c4)ccc3c2n1CC(C)(C)O. The first-order valence-electron chi connectivity index (χ1n) is 12.6. The molecule has 0 atom stereocenters. The van der Waals surface area contributed by atoms with Gasteiger partial charge in [0, 0.05) is 30.5 Å². The summed E-state index contributed by atoms with van der Waals surface area (Å²) >= 11 is 0. The Morgan fingerprint density at radius 3 is 2.64 bits per heavy atom. The number of benzene rings is 2. The van der Waals surface area contributed by atoms with Crippen molar-refractivity contribution in [2.75, 3.05) is 18.8 Å². The van der Waals surface area contributed by atoms with Crippen LogP contribution >= 0.6 is 0 Å². The van der Waals surface area contributed by atoms with Crippen LogP contribution in [0, 0.1) is 0 Å². The van der Waals surface area contributed by atoms with Gasteiger partial charge in [-0.3, -0.25) is 4.79 Å². The summed E-state index contributed by atoms with van der Waals surface area (Å²) in [5.41, 5.74) is 16.1. The molecular formula is C28H36N6O2. The fourth-order valence-corrected chi connectivity index (χ4v) is 4.54. The Morgan fingerprint density at radius 2 is 1.92 bits per heavy atom. The van der Waals surface area contributed by atoms with Gasteiger partial charge in [-0.1, -0.05) is 37.6 Å². The Balaban J connectivity index is 1.73. The lowest BCUT2D eigenvalue weighted by atomic mass is 10.0. The molecule has 0 saturated carbocycles. The van der Waals surface area contributed by atoms with Crippen LogP contribution in [0.15, 0.2) is 42.5 Å². The molecule has 4 aromatic rings. The number of anilines is 1. The molecule has 0 aliphatic carbocycles. The van der Waals surface area contributed by atoms with E-state index in [1.807, 2.05) is 24.3 Å². The van der Waals surface area contributed by atoms with Gasteiger partial charge >= 0.3 is 0 Å². The van der Waals surface area contributed by atoms with Crippen LogP contribution in [-0.2, 0) is 19.4 Å². The third kappa shape index (κ3) is 5.66. The maximum atomic E-state index is 12.3. The molecule has 0 aliphatic heterocycles. The Morgan fingerprint density at radius 1 is 1.14 bits per heavy atom. The number of rotatable bonds is 10. The largest absolute Gasteiger partial charge is 0.389 e. The van der Waals surface area contributed by atoms with E-state index in [1.165, 1.54) is 0 Å². The molecule has 2 aromatic heterocycles. The molecule has 0 bridgehead atoms. The summed E-state index contributed by atoms with van der Waals surface area (Å²) < 4.78 is 2.11. The number of fused-ring (bicyclic) bond motifs is 3. The maximum absolute atomic E-state index is 12.3. The zero-order valence-electron chi connectivity index (χ0n) is 21.3. The lowest BCUT2D eigenvalue weighted by molar-refractivity contribution is 0.0618. The Kier molecular flexibility index (Phi) is 7.56. The average molecular weight is 489 g/mol. The predicted molar refractivity (Wildman–Crippen MR) is 145 cm³/mol. The molecule has 36 heavy (non-hydrogen) atoms. The minimum atomic E-state index is -0.902. The van der Waals surface area contributed by atoms with Gasteiger partial charge in [-0.15, -0.1) is 0 Å². The minimum Gasteiger partial charge on any atom is -0.389 e. The Labute approximate surface area is 211 Å². The van der Waals surface area contributed by atoms with E-state index in [1.54, 1.807) is 19.9 Å². The number of nitrogens with zero attached hydrogens (tertiary/aromatic N) is 3. The third-order valence-corrected chi connectivity index (χ3v) is 6.17. The molecule has 0 fully saturated rings. The van der Waals surface area contributed by atoms with E-state index in [4.69, 9.17) is 16.5 Å². The topological polar surface area (TPSA) is 132 Å². The van der Waals surface area contributed by atoms with Crippen molar-refractivity contribution >= 4 is 33.7 Å². The van der Waals surface area contributed by atoms with E-state index in [2.05, 4.69) is 33.9 Å². The number of nitrogens with one attached hydrogen (secondary N) is 1. The summed E-state index contributed by atoms with van der Waals surface area (Å²) in [6.45, 7) is 7.02. The van der Waals surface area contributed by atoms with Crippen molar-refractivity contribution in [3.05, 3.63) is 65.0 Å². The van der Waals surface area contributed by atoms with Crippen molar-refractivity contribution in [2.24, 2.45) is 5.73 Å². The van der Waals surface area contributed by atoms with Gasteiger partial charge in [0.15, 0.2) is 5.82 Å². The van der Waals surface area contributed by atoms with Crippen LogP contribution in [0.1, 0.15) is 60.9 Å². The van der Waals surface area contributed by atoms with E-state index in [-0.39, 0.29) is 5.91 Å². The first-order chi connectivity index (χ1) is 17.2. The first-order valence-corrected chi connectivity index (χ1v) is 12.6. The smallest absolute Gasteiger partial charge is 0.251 e. The highest BCUT2D eigenvalue weighted by Crippen LogP contribution is 2.31. The molecular weight excluding hydrogens is 452 g/mol. The molecule has 8 nitrogen and oxygen atoms in total. The monoisotopic (exact) mass is 488 g/mol. The number of nitrogens with two attached hydrogens (primary N) is 2. The number of aliphatic hydroxyl groups is 1. The second kappa shape index (κ2) is 10.6. The van der Waals surface area contributed by atoms with Gasteiger partial charge in [-0.2, -0.15) is 0 Å². The first kappa shape index (κ1) is 25.6. The fraction of sp³-hybridized carbons (Fsp3) is 0.393. The molecule has 2 aromatic carbocycles. The molecule has 0 saturated heterocycles. The molecule has 8 heteroatoms. The second-order valence-electron chi connectivity index (χ2n) is 10.00. The van der Waals surface area contributed by atoms with Crippen molar-refractivity contribution in [2.45, 2.75) is 58.6 Å². The van der Waals surface area contributed by atoms with Crippen molar-refractivity contribution in [3.63, 3.8) is 0 Å². The number of nitrogen functional groups attached to an aromatic ring is 1. The molecule has 2 heterocycles. The predicted octanol–water partition coefficient (Wildman–Crippen LogP) is 3.56. The van der Waals surface area contributed by atoms with Crippen LogP contribution in [0.25, 0.3) is 21.9 Å². The minimum absolute atomic E-state index is 0.128.